The predicted molar refractivity (Wildman–Crippen MR) is 104 cm³/mol. The van der Waals surface area contributed by atoms with Gasteiger partial charge in [-0.2, -0.15) is 0 Å². The second kappa shape index (κ2) is 8.70. The van der Waals surface area contributed by atoms with Gasteiger partial charge in [0.05, 0.1) is 11.0 Å². The summed E-state index contributed by atoms with van der Waals surface area (Å²) in [5.74, 6) is -0.432. The van der Waals surface area contributed by atoms with E-state index in [9.17, 15) is 17.6 Å². The number of rotatable bonds is 6. The number of hydrogen-bond acceptors (Lipinski definition) is 4. The number of ether oxygens (including phenoxy) is 1. The molecular formula is C20H23FN2O4S. The van der Waals surface area contributed by atoms with Crippen molar-refractivity contribution in [1.82, 2.24) is 5.32 Å². The third kappa shape index (κ3) is 5.30. The summed E-state index contributed by atoms with van der Waals surface area (Å²) in [5.41, 5.74) is 0.506. The fourth-order valence-electron chi connectivity index (χ4n) is 3.15. The smallest absolute Gasteiger partial charge is 0.261 e. The Morgan fingerprint density at radius 2 is 1.96 bits per heavy atom. The van der Waals surface area contributed by atoms with Crippen LogP contribution in [0.3, 0.4) is 0 Å². The molecular weight excluding hydrogens is 383 g/mol. The first kappa shape index (κ1) is 20.3. The Morgan fingerprint density at radius 3 is 2.68 bits per heavy atom. The lowest BCUT2D eigenvalue weighted by atomic mass is 9.96. The number of nitrogens with one attached hydrogen (secondary N) is 2. The average Bonchev–Trinajstić information content (AvgIpc) is 2.68. The van der Waals surface area contributed by atoms with E-state index in [1.807, 2.05) is 6.92 Å². The van der Waals surface area contributed by atoms with E-state index >= 15 is 0 Å². The van der Waals surface area contributed by atoms with Gasteiger partial charge in [-0.1, -0.05) is 6.07 Å². The largest absolute Gasteiger partial charge is 0.378 e. The van der Waals surface area contributed by atoms with Gasteiger partial charge in [0.1, 0.15) is 5.82 Å². The first-order valence-electron chi connectivity index (χ1n) is 9.12. The Hall–Kier alpha value is -2.45. The van der Waals surface area contributed by atoms with E-state index in [0.717, 1.165) is 12.8 Å². The van der Waals surface area contributed by atoms with Gasteiger partial charge in [-0.3, -0.25) is 9.52 Å². The van der Waals surface area contributed by atoms with Gasteiger partial charge in [-0.15, -0.1) is 0 Å². The molecule has 2 atom stereocenters. The molecule has 8 heteroatoms. The van der Waals surface area contributed by atoms with Crippen molar-refractivity contribution in [2.45, 2.75) is 30.8 Å². The van der Waals surface area contributed by atoms with Crippen LogP contribution in [0, 0.1) is 11.7 Å². The minimum Gasteiger partial charge on any atom is -0.378 e. The van der Waals surface area contributed by atoms with Crippen LogP contribution in [0.15, 0.2) is 53.4 Å². The van der Waals surface area contributed by atoms with Crippen molar-refractivity contribution in [1.29, 1.82) is 0 Å². The summed E-state index contributed by atoms with van der Waals surface area (Å²) >= 11 is 0. The molecule has 1 aliphatic rings. The number of halogens is 1. The van der Waals surface area contributed by atoms with Crippen molar-refractivity contribution >= 4 is 21.6 Å². The SMILES string of the molecule is CC1CC(CNC(=O)c2cccc(S(=O)(=O)Nc3ccc(F)cc3)c2)CCO1. The van der Waals surface area contributed by atoms with E-state index in [0.29, 0.717) is 19.1 Å². The third-order valence-electron chi connectivity index (χ3n) is 4.65. The maximum Gasteiger partial charge on any atom is 0.261 e. The summed E-state index contributed by atoms with van der Waals surface area (Å²) in [6, 6.07) is 10.8. The lowest BCUT2D eigenvalue weighted by Crippen LogP contribution is -2.34. The number of sulfonamides is 1. The highest BCUT2D eigenvalue weighted by molar-refractivity contribution is 7.92. The van der Waals surface area contributed by atoms with Crippen molar-refractivity contribution in [2.24, 2.45) is 5.92 Å². The van der Waals surface area contributed by atoms with Gasteiger partial charge in [0.15, 0.2) is 0 Å². The highest BCUT2D eigenvalue weighted by atomic mass is 32.2. The van der Waals surface area contributed by atoms with E-state index in [1.54, 1.807) is 6.07 Å². The molecule has 0 bridgehead atoms. The molecule has 2 unspecified atom stereocenters. The lowest BCUT2D eigenvalue weighted by molar-refractivity contribution is 0.00302. The van der Waals surface area contributed by atoms with Crippen molar-refractivity contribution in [3.8, 4) is 0 Å². The Labute approximate surface area is 164 Å². The zero-order valence-electron chi connectivity index (χ0n) is 15.5. The minimum atomic E-state index is -3.89. The molecule has 150 valence electrons. The van der Waals surface area contributed by atoms with Gasteiger partial charge in [0, 0.05) is 24.4 Å². The predicted octanol–water partition coefficient (Wildman–Crippen LogP) is 3.17. The monoisotopic (exact) mass is 406 g/mol. The quantitative estimate of drug-likeness (QED) is 0.772. The summed E-state index contributed by atoms with van der Waals surface area (Å²) in [4.78, 5) is 12.4. The lowest BCUT2D eigenvalue weighted by Gasteiger charge is -2.27. The van der Waals surface area contributed by atoms with Crippen LogP contribution >= 0.6 is 0 Å². The molecule has 1 amide bonds. The maximum atomic E-state index is 13.0. The number of carbonyl (C=O) groups is 1. The van der Waals surface area contributed by atoms with Gasteiger partial charge < -0.3 is 10.1 Å². The molecule has 2 N–H and O–H groups in total. The summed E-state index contributed by atoms with van der Waals surface area (Å²) in [5, 5.41) is 2.87. The molecule has 2 aromatic rings. The molecule has 1 heterocycles. The molecule has 2 aromatic carbocycles. The number of benzene rings is 2. The van der Waals surface area contributed by atoms with Gasteiger partial charge >= 0.3 is 0 Å². The molecule has 1 fully saturated rings. The van der Waals surface area contributed by atoms with Crippen LogP contribution in [0.2, 0.25) is 0 Å². The number of hydrogen-bond donors (Lipinski definition) is 2. The van der Waals surface area contributed by atoms with Crippen LogP contribution < -0.4 is 10.0 Å². The minimum absolute atomic E-state index is 0.0378. The van der Waals surface area contributed by atoms with Crippen molar-refractivity contribution < 1.29 is 22.3 Å². The molecule has 3 rings (SSSR count). The van der Waals surface area contributed by atoms with E-state index in [-0.39, 0.29) is 28.2 Å². The van der Waals surface area contributed by atoms with Crippen molar-refractivity contribution in [3.05, 3.63) is 59.9 Å². The summed E-state index contributed by atoms with van der Waals surface area (Å²) in [6.07, 6.45) is 1.96. The van der Waals surface area contributed by atoms with Crippen molar-refractivity contribution in [3.63, 3.8) is 0 Å². The summed E-state index contributed by atoms with van der Waals surface area (Å²) < 4.78 is 46.0. The van der Waals surface area contributed by atoms with Crippen LogP contribution in [0.4, 0.5) is 10.1 Å². The fraction of sp³-hybridized carbons (Fsp3) is 0.350. The number of anilines is 1. The van der Waals surface area contributed by atoms with Crippen LogP contribution in [0.25, 0.3) is 0 Å². The van der Waals surface area contributed by atoms with Gasteiger partial charge in [-0.25, -0.2) is 12.8 Å². The molecule has 0 radical (unpaired) electrons. The highest BCUT2D eigenvalue weighted by Crippen LogP contribution is 2.20. The second-order valence-corrected chi connectivity index (χ2v) is 8.60. The zero-order valence-corrected chi connectivity index (χ0v) is 16.3. The Balaban J connectivity index is 1.66. The van der Waals surface area contributed by atoms with Gasteiger partial charge in [0.25, 0.3) is 15.9 Å². The molecule has 0 aliphatic carbocycles. The fourth-order valence-corrected chi connectivity index (χ4v) is 4.26. The van der Waals surface area contributed by atoms with Crippen LogP contribution in [0.1, 0.15) is 30.1 Å². The molecule has 0 saturated carbocycles. The van der Waals surface area contributed by atoms with Crippen LogP contribution in [0.5, 0.6) is 0 Å². The van der Waals surface area contributed by atoms with Crippen LogP contribution in [-0.2, 0) is 14.8 Å². The number of amides is 1. The van der Waals surface area contributed by atoms with E-state index in [2.05, 4.69) is 10.0 Å². The summed E-state index contributed by atoms with van der Waals surface area (Å²) in [6.45, 7) is 3.22. The zero-order chi connectivity index (χ0) is 20.1. The third-order valence-corrected chi connectivity index (χ3v) is 6.03. The molecule has 28 heavy (non-hydrogen) atoms. The Morgan fingerprint density at radius 1 is 1.21 bits per heavy atom. The maximum absolute atomic E-state index is 13.0. The first-order chi connectivity index (χ1) is 13.3. The molecule has 0 aromatic heterocycles. The Bertz CT molecular complexity index is 931. The topological polar surface area (TPSA) is 84.5 Å². The molecule has 6 nitrogen and oxygen atoms in total. The van der Waals surface area contributed by atoms with Crippen molar-refractivity contribution in [2.75, 3.05) is 17.9 Å². The molecule has 1 aliphatic heterocycles. The first-order valence-corrected chi connectivity index (χ1v) is 10.6. The Kier molecular flexibility index (Phi) is 6.31. The normalized spacial score (nSPS) is 19.8. The molecule has 0 spiro atoms. The van der Waals surface area contributed by atoms with Crippen LogP contribution in [-0.4, -0.2) is 33.6 Å². The summed E-state index contributed by atoms with van der Waals surface area (Å²) in [7, 11) is -3.89. The van der Waals surface area contributed by atoms with E-state index < -0.39 is 15.8 Å². The second-order valence-electron chi connectivity index (χ2n) is 6.92. The molecule has 1 saturated heterocycles. The van der Waals surface area contributed by atoms with Gasteiger partial charge in [-0.05, 0) is 68.1 Å². The highest BCUT2D eigenvalue weighted by Gasteiger charge is 2.21. The standard InChI is InChI=1S/C20H23FN2O4S/c1-14-11-15(9-10-27-14)13-22-20(24)16-3-2-4-19(12-16)28(25,26)23-18-7-5-17(21)6-8-18/h2-8,12,14-15,23H,9-11,13H2,1H3,(H,22,24). The van der Waals surface area contributed by atoms with E-state index in [4.69, 9.17) is 4.74 Å². The number of carbonyl (C=O) groups excluding carboxylic acids is 1. The van der Waals surface area contributed by atoms with Gasteiger partial charge in [0.2, 0.25) is 0 Å². The van der Waals surface area contributed by atoms with E-state index in [1.165, 1.54) is 42.5 Å². The average molecular weight is 406 g/mol.